The zero-order chi connectivity index (χ0) is 15.2. The monoisotopic (exact) mass is 298 g/mol. The van der Waals surface area contributed by atoms with E-state index in [0.29, 0.717) is 13.2 Å². The van der Waals surface area contributed by atoms with Crippen LogP contribution in [-0.4, -0.2) is 54.4 Å². The molecule has 2 saturated heterocycles. The van der Waals surface area contributed by atoms with Gasteiger partial charge in [-0.3, -0.25) is 4.79 Å². The van der Waals surface area contributed by atoms with E-state index in [1.54, 1.807) is 0 Å². The van der Waals surface area contributed by atoms with Gasteiger partial charge in [0.05, 0.1) is 12.6 Å². The maximum Gasteiger partial charge on any atom is 0.317 e. The lowest BCUT2D eigenvalue weighted by Gasteiger charge is -2.36. The first-order chi connectivity index (χ1) is 10.1. The van der Waals surface area contributed by atoms with Crippen molar-refractivity contribution in [2.24, 2.45) is 11.8 Å². The summed E-state index contributed by atoms with van der Waals surface area (Å²) in [6.45, 7) is 4.77. The third kappa shape index (κ3) is 4.88. The molecule has 0 aromatic carbocycles. The Morgan fingerprint density at radius 3 is 2.86 bits per heavy atom. The van der Waals surface area contributed by atoms with Gasteiger partial charge in [-0.15, -0.1) is 0 Å². The molecule has 0 aromatic heterocycles. The minimum absolute atomic E-state index is 0.0299. The highest BCUT2D eigenvalue weighted by atomic mass is 16.5. The predicted octanol–water partition coefficient (Wildman–Crippen LogP) is 1.70. The summed E-state index contributed by atoms with van der Waals surface area (Å²) in [5.74, 6) is -0.372. The molecule has 2 aliphatic rings. The van der Waals surface area contributed by atoms with Crippen LogP contribution in [0.15, 0.2) is 0 Å². The molecule has 0 aromatic rings. The number of carbonyl (C=O) groups is 2. The van der Waals surface area contributed by atoms with Crippen molar-refractivity contribution in [3.05, 3.63) is 0 Å². The van der Waals surface area contributed by atoms with Gasteiger partial charge >= 0.3 is 12.0 Å². The number of amides is 2. The SMILES string of the molecule is CC(CC(=O)O)C1CCCN(C(=O)NC2CCCOC2)C1. The molecule has 0 aliphatic carbocycles. The molecule has 6 heteroatoms. The largest absolute Gasteiger partial charge is 0.481 e. The Bertz CT molecular complexity index is 369. The molecule has 2 rings (SSSR count). The second-order valence-electron chi connectivity index (χ2n) is 6.29. The summed E-state index contributed by atoms with van der Waals surface area (Å²) < 4.78 is 5.37. The number of likely N-dealkylation sites (tertiary alicyclic amines) is 1. The number of piperidine rings is 1. The van der Waals surface area contributed by atoms with E-state index < -0.39 is 5.97 Å². The number of carbonyl (C=O) groups excluding carboxylic acids is 1. The molecule has 2 amide bonds. The summed E-state index contributed by atoms with van der Waals surface area (Å²) in [4.78, 5) is 25.0. The summed E-state index contributed by atoms with van der Waals surface area (Å²) in [5.41, 5.74) is 0. The van der Waals surface area contributed by atoms with Gasteiger partial charge < -0.3 is 20.1 Å². The van der Waals surface area contributed by atoms with Crippen molar-refractivity contribution < 1.29 is 19.4 Å². The lowest BCUT2D eigenvalue weighted by Crippen LogP contribution is -2.51. The van der Waals surface area contributed by atoms with E-state index >= 15 is 0 Å². The number of carboxylic acids is 1. The zero-order valence-corrected chi connectivity index (χ0v) is 12.7. The number of ether oxygens (including phenoxy) is 1. The average molecular weight is 298 g/mol. The molecular weight excluding hydrogens is 272 g/mol. The first-order valence-electron chi connectivity index (χ1n) is 7.91. The molecule has 2 N–H and O–H groups in total. The average Bonchev–Trinajstić information content (AvgIpc) is 2.47. The second kappa shape index (κ2) is 7.64. The van der Waals surface area contributed by atoms with Gasteiger partial charge in [0.2, 0.25) is 0 Å². The van der Waals surface area contributed by atoms with Crippen LogP contribution in [-0.2, 0) is 9.53 Å². The third-order valence-electron chi connectivity index (χ3n) is 4.53. The van der Waals surface area contributed by atoms with Crippen LogP contribution in [0.1, 0.15) is 39.0 Å². The molecule has 120 valence electrons. The van der Waals surface area contributed by atoms with Crippen LogP contribution in [0.2, 0.25) is 0 Å². The van der Waals surface area contributed by atoms with Gasteiger partial charge in [0.15, 0.2) is 0 Å². The number of hydrogen-bond donors (Lipinski definition) is 2. The Hall–Kier alpha value is -1.30. The Morgan fingerprint density at radius 1 is 1.38 bits per heavy atom. The number of urea groups is 1. The molecule has 2 fully saturated rings. The normalized spacial score (nSPS) is 28.0. The molecule has 0 saturated carbocycles. The Labute approximate surface area is 125 Å². The first kappa shape index (κ1) is 16.1. The standard InChI is InChI=1S/C15H26N2O4/c1-11(8-14(18)19)12-4-2-6-17(9-12)15(20)16-13-5-3-7-21-10-13/h11-13H,2-10H2,1H3,(H,16,20)(H,18,19). The second-order valence-corrected chi connectivity index (χ2v) is 6.29. The fraction of sp³-hybridized carbons (Fsp3) is 0.867. The number of nitrogens with zero attached hydrogens (tertiary/aromatic N) is 1. The molecule has 0 radical (unpaired) electrons. The molecule has 6 nitrogen and oxygen atoms in total. The highest BCUT2D eigenvalue weighted by molar-refractivity contribution is 5.74. The van der Waals surface area contributed by atoms with E-state index in [9.17, 15) is 9.59 Å². The number of aliphatic carboxylic acids is 1. The van der Waals surface area contributed by atoms with Crippen molar-refractivity contribution in [3.63, 3.8) is 0 Å². The van der Waals surface area contributed by atoms with Gasteiger partial charge in [-0.05, 0) is 37.5 Å². The van der Waals surface area contributed by atoms with Crippen molar-refractivity contribution in [2.45, 2.75) is 45.1 Å². The fourth-order valence-electron chi connectivity index (χ4n) is 3.22. The number of carboxylic acid groups (broad SMARTS) is 1. The summed E-state index contributed by atoms with van der Waals surface area (Å²) in [5, 5.41) is 11.9. The Kier molecular flexibility index (Phi) is 5.85. The molecular formula is C15H26N2O4. The minimum atomic E-state index is -0.761. The van der Waals surface area contributed by atoms with E-state index in [1.165, 1.54) is 0 Å². The molecule has 3 unspecified atom stereocenters. The van der Waals surface area contributed by atoms with Crippen molar-refractivity contribution in [3.8, 4) is 0 Å². The molecule has 2 heterocycles. The summed E-state index contributed by atoms with van der Waals surface area (Å²) in [6.07, 6.45) is 4.09. The number of hydrogen-bond acceptors (Lipinski definition) is 3. The van der Waals surface area contributed by atoms with Crippen LogP contribution >= 0.6 is 0 Å². The first-order valence-corrected chi connectivity index (χ1v) is 7.91. The van der Waals surface area contributed by atoms with E-state index in [-0.39, 0.29) is 30.3 Å². The predicted molar refractivity (Wildman–Crippen MR) is 78.1 cm³/mol. The maximum absolute atomic E-state index is 12.3. The number of rotatable bonds is 4. The molecule has 0 bridgehead atoms. The molecule has 3 atom stereocenters. The zero-order valence-electron chi connectivity index (χ0n) is 12.7. The molecule has 2 aliphatic heterocycles. The van der Waals surface area contributed by atoms with Gasteiger partial charge in [-0.2, -0.15) is 0 Å². The van der Waals surface area contributed by atoms with Gasteiger partial charge in [0.1, 0.15) is 0 Å². The fourth-order valence-corrected chi connectivity index (χ4v) is 3.22. The van der Waals surface area contributed by atoms with Crippen LogP contribution in [0, 0.1) is 11.8 Å². The van der Waals surface area contributed by atoms with Gasteiger partial charge in [-0.25, -0.2) is 4.79 Å². The van der Waals surface area contributed by atoms with Crippen molar-refractivity contribution >= 4 is 12.0 Å². The van der Waals surface area contributed by atoms with Crippen LogP contribution in [0.25, 0.3) is 0 Å². The van der Waals surface area contributed by atoms with Gasteiger partial charge in [-0.1, -0.05) is 6.92 Å². The molecule has 0 spiro atoms. The van der Waals surface area contributed by atoms with Crippen LogP contribution in [0.3, 0.4) is 0 Å². The van der Waals surface area contributed by atoms with Crippen molar-refractivity contribution in [1.29, 1.82) is 0 Å². The van der Waals surface area contributed by atoms with Gasteiger partial charge in [0.25, 0.3) is 0 Å². The molecule has 21 heavy (non-hydrogen) atoms. The summed E-state index contributed by atoms with van der Waals surface area (Å²) in [6, 6.07) is 0.0841. The maximum atomic E-state index is 12.3. The quantitative estimate of drug-likeness (QED) is 0.828. The van der Waals surface area contributed by atoms with E-state index in [0.717, 1.165) is 38.8 Å². The highest BCUT2D eigenvalue weighted by Gasteiger charge is 2.29. The highest BCUT2D eigenvalue weighted by Crippen LogP contribution is 2.26. The smallest absolute Gasteiger partial charge is 0.317 e. The van der Waals surface area contributed by atoms with E-state index in [4.69, 9.17) is 9.84 Å². The third-order valence-corrected chi connectivity index (χ3v) is 4.53. The van der Waals surface area contributed by atoms with E-state index in [1.807, 2.05) is 11.8 Å². The van der Waals surface area contributed by atoms with Gasteiger partial charge in [0, 0.05) is 26.1 Å². The Balaban J connectivity index is 1.81. The summed E-state index contributed by atoms with van der Waals surface area (Å²) in [7, 11) is 0. The summed E-state index contributed by atoms with van der Waals surface area (Å²) >= 11 is 0. The van der Waals surface area contributed by atoms with Crippen molar-refractivity contribution in [2.75, 3.05) is 26.3 Å². The van der Waals surface area contributed by atoms with Crippen LogP contribution in [0.4, 0.5) is 4.79 Å². The number of nitrogens with one attached hydrogen (secondary N) is 1. The van der Waals surface area contributed by atoms with Crippen molar-refractivity contribution in [1.82, 2.24) is 10.2 Å². The lowest BCUT2D eigenvalue weighted by atomic mass is 9.85. The van der Waals surface area contributed by atoms with Crippen LogP contribution in [0.5, 0.6) is 0 Å². The lowest BCUT2D eigenvalue weighted by molar-refractivity contribution is -0.138. The van der Waals surface area contributed by atoms with E-state index in [2.05, 4.69) is 5.32 Å². The minimum Gasteiger partial charge on any atom is -0.481 e. The Morgan fingerprint density at radius 2 is 2.19 bits per heavy atom. The van der Waals surface area contributed by atoms with Crippen LogP contribution < -0.4 is 5.32 Å². The topological polar surface area (TPSA) is 78.9 Å².